The summed E-state index contributed by atoms with van der Waals surface area (Å²) in [7, 11) is 0. The quantitative estimate of drug-likeness (QED) is 0.702. The maximum absolute atomic E-state index is 14.8. The molecule has 0 aliphatic carbocycles. The summed E-state index contributed by atoms with van der Waals surface area (Å²) in [6.45, 7) is 6.06. The number of primary amides is 1. The average molecular weight is 421 g/mol. The van der Waals surface area contributed by atoms with Crippen LogP contribution in [0.3, 0.4) is 0 Å². The van der Waals surface area contributed by atoms with Crippen LogP contribution in [0.4, 0.5) is 10.1 Å². The summed E-state index contributed by atoms with van der Waals surface area (Å²) in [6, 6.07) is 13.5. The van der Waals surface area contributed by atoms with Crippen LogP contribution in [0.25, 0.3) is 5.69 Å². The number of nitrogens with zero attached hydrogens (tertiary/aromatic N) is 4. The van der Waals surface area contributed by atoms with E-state index < -0.39 is 11.7 Å². The smallest absolute Gasteiger partial charge is 0.254 e. The minimum Gasteiger partial charge on any atom is -0.368 e. The van der Waals surface area contributed by atoms with Gasteiger partial charge < -0.3 is 15.5 Å². The van der Waals surface area contributed by atoms with Crippen molar-refractivity contribution in [2.24, 2.45) is 5.73 Å². The fourth-order valence-electron chi connectivity index (χ4n) is 3.87. The Labute approximate surface area is 179 Å². The highest BCUT2D eigenvalue weighted by molar-refractivity contribution is 5.95. The van der Waals surface area contributed by atoms with Crippen LogP contribution in [-0.2, 0) is 0 Å². The fourth-order valence-corrected chi connectivity index (χ4v) is 3.87. The Morgan fingerprint density at radius 2 is 1.58 bits per heavy atom. The predicted octanol–water partition coefficient (Wildman–Crippen LogP) is 2.69. The van der Waals surface area contributed by atoms with Gasteiger partial charge in [0, 0.05) is 48.7 Å². The molecule has 1 aliphatic rings. The van der Waals surface area contributed by atoms with E-state index in [4.69, 9.17) is 5.73 Å². The summed E-state index contributed by atoms with van der Waals surface area (Å²) in [5.74, 6) is -1.13. The van der Waals surface area contributed by atoms with Gasteiger partial charge in [-0.25, -0.2) is 9.07 Å². The highest BCUT2D eigenvalue weighted by atomic mass is 19.1. The van der Waals surface area contributed by atoms with Gasteiger partial charge in [-0.2, -0.15) is 5.10 Å². The zero-order valence-electron chi connectivity index (χ0n) is 17.5. The molecule has 0 radical (unpaired) electrons. The van der Waals surface area contributed by atoms with E-state index in [9.17, 15) is 14.0 Å². The maximum Gasteiger partial charge on any atom is 0.254 e. The predicted molar refractivity (Wildman–Crippen MR) is 116 cm³/mol. The normalized spacial score (nSPS) is 14.0. The number of benzene rings is 2. The van der Waals surface area contributed by atoms with Crippen molar-refractivity contribution in [1.82, 2.24) is 14.7 Å². The molecule has 0 atom stereocenters. The number of aromatic nitrogens is 2. The van der Waals surface area contributed by atoms with Crippen LogP contribution in [0.2, 0.25) is 0 Å². The standard InChI is InChI=1S/C23H24FN5O2/c1-15-13-16(2)29(26-15)21-8-5-18(14-20(21)24)23(31)28-11-9-27(10-12-28)19-6-3-17(4-7-19)22(25)30/h3-8,13-14H,9-12H2,1-2H3,(H2,25,30). The monoisotopic (exact) mass is 421 g/mol. The number of piperazine rings is 1. The van der Waals surface area contributed by atoms with Crippen molar-refractivity contribution >= 4 is 17.5 Å². The molecule has 160 valence electrons. The number of carbonyl (C=O) groups excluding carboxylic acids is 2. The summed E-state index contributed by atoms with van der Waals surface area (Å²) in [4.78, 5) is 28.0. The Morgan fingerprint density at radius 1 is 0.935 bits per heavy atom. The second-order valence-electron chi connectivity index (χ2n) is 7.70. The Bertz CT molecular complexity index is 1130. The van der Waals surface area contributed by atoms with Crippen molar-refractivity contribution in [3.63, 3.8) is 0 Å². The van der Waals surface area contributed by atoms with Crippen LogP contribution >= 0.6 is 0 Å². The lowest BCUT2D eigenvalue weighted by Gasteiger charge is -2.36. The number of hydrogen-bond donors (Lipinski definition) is 1. The topological polar surface area (TPSA) is 84.5 Å². The van der Waals surface area contributed by atoms with E-state index in [1.807, 2.05) is 32.0 Å². The van der Waals surface area contributed by atoms with Gasteiger partial charge in [-0.05, 0) is 62.4 Å². The molecule has 1 fully saturated rings. The van der Waals surface area contributed by atoms with Crippen molar-refractivity contribution in [1.29, 1.82) is 0 Å². The molecule has 2 N–H and O–H groups in total. The lowest BCUT2D eigenvalue weighted by molar-refractivity contribution is 0.0746. The van der Waals surface area contributed by atoms with Crippen molar-refractivity contribution in [3.8, 4) is 5.69 Å². The van der Waals surface area contributed by atoms with Crippen LogP contribution in [0, 0.1) is 19.7 Å². The summed E-state index contributed by atoms with van der Waals surface area (Å²) in [5, 5.41) is 4.31. The lowest BCUT2D eigenvalue weighted by atomic mass is 10.1. The van der Waals surface area contributed by atoms with Gasteiger partial charge in [0.05, 0.1) is 5.69 Å². The number of carbonyl (C=O) groups is 2. The molecule has 7 nitrogen and oxygen atoms in total. The first-order valence-corrected chi connectivity index (χ1v) is 10.1. The van der Waals surface area contributed by atoms with Gasteiger partial charge in [0.2, 0.25) is 5.91 Å². The molecule has 0 saturated carbocycles. The van der Waals surface area contributed by atoms with Crippen molar-refractivity contribution < 1.29 is 14.0 Å². The third-order valence-electron chi connectivity index (χ3n) is 5.52. The molecule has 1 aliphatic heterocycles. The highest BCUT2D eigenvalue weighted by Crippen LogP contribution is 2.21. The summed E-state index contributed by atoms with van der Waals surface area (Å²) < 4.78 is 16.3. The molecule has 1 saturated heterocycles. The number of halogens is 1. The molecule has 0 spiro atoms. The summed E-state index contributed by atoms with van der Waals surface area (Å²) >= 11 is 0. The van der Waals surface area contributed by atoms with E-state index in [1.54, 1.807) is 33.8 Å². The number of nitrogens with two attached hydrogens (primary N) is 1. The second-order valence-corrected chi connectivity index (χ2v) is 7.70. The van der Waals surface area contributed by atoms with Gasteiger partial charge in [-0.3, -0.25) is 9.59 Å². The van der Waals surface area contributed by atoms with Crippen LogP contribution < -0.4 is 10.6 Å². The summed E-state index contributed by atoms with van der Waals surface area (Å²) in [6.07, 6.45) is 0. The minimum atomic E-state index is -0.481. The van der Waals surface area contributed by atoms with E-state index in [2.05, 4.69) is 10.00 Å². The molecule has 0 unspecified atom stereocenters. The largest absolute Gasteiger partial charge is 0.368 e. The third kappa shape index (κ3) is 4.14. The first-order chi connectivity index (χ1) is 14.8. The Hall–Kier alpha value is -3.68. The van der Waals surface area contributed by atoms with Crippen LogP contribution in [0.5, 0.6) is 0 Å². The lowest BCUT2D eigenvalue weighted by Crippen LogP contribution is -2.48. The van der Waals surface area contributed by atoms with Gasteiger partial charge in [-0.15, -0.1) is 0 Å². The van der Waals surface area contributed by atoms with Gasteiger partial charge in [0.1, 0.15) is 11.5 Å². The zero-order chi connectivity index (χ0) is 22.1. The molecule has 8 heteroatoms. The molecular formula is C23H24FN5O2. The van der Waals surface area contributed by atoms with E-state index >= 15 is 0 Å². The van der Waals surface area contributed by atoms with Crippen LogP contribution in [0.15, 0.2) is 48.5 Å². The maximum atomic E-state index is 14.8. The molecular weight excluding hydrogens is 397 g/mol. The van der Waals surface area contributed by atoms with Gasteiger partial charge in [0.25, 0.3) is 5.91 Å². The zero-order valence-corrected chi connectivity index (χ0v) is 17.5. The molecule has 4 rings (SSSR count). The average Bonchev–Trinajstić information content (AvgIpc) is 3.11. The van der Waals surface area contributed by atoms with E-state index in [0.29, 0.717) is 43.0 Å². The molecule has 2 heterocycles. The van der Waals surface area contributed by atoms with E-state index in [-0.39, 0.29) is 5.91 Å². The number of aryl methyl sites for hydroxylation is 2. The van der Waals surface area contributed by atoms with E-state index in [1.165, 1.54) is 6.07 Å². The number of amides is 2. The van der Waals surface area contributed by atoms with Crippen LogP contribution in [-0.4, -0.2) is 52.7 Å². The molecule has 3 aromatic rings. The number of anilines is 1. The van der Waals surface area contributed by atoms with Gasteiger partial charge in [0.15, 0.2) is 0 Å². The molecule has 2 amide bonds. The molecule has 1 aromatic heterocycles. The van der Waals surface area contributed by atoms with Crippen molar-refractivity contribution in [2.45, 2.75) is 13.8 Å². The molecule has 0 bridgehead atoms. The minimum absolute atomic E-state index is 0.192. The third-order valence-corrected chi connectivity index (χ3v) is 5.52. The Kier molecular flexibility index (Phi) is 5.46. The van der Waals surface area contributed by atoms with Gasteiger partial charge >= 0.3 is 0 Å². The Morgan fingerprint density at radius 3 is 2.13 bits per heavy atom. The molecule has 31 heavy (non-hydrogen) atoms. The van der Waals surface area contributed by atoms with Crippen molar-refractivity contribution in [3.05, 3.63) is 76.9 Å². The first kappa shape index (κ1) is 20.6. The molecule has 2 aromatic carbocycles. The van der Waals surface area contributed by atoms with Gasteiger partial charge in [-0.1, -0.05) is 0 Å². The van der Waals surface area contributed by atoms with Crippen molar-refractivity contribution in [2.75, 3.05) is 31.1 Å². The highest BCUT2D eigenvalue weighted by Gasteiger charge is 2.23. The number of hydrogen-bond acceptors (Lipinski definition) is 4. The fraction of sp³-hybridized carbons (Fsp3) is 0.261. The second kappa shape index (κ2) is 8.22. The Balaban J connectivity index is 1.43. The SMILES string of the molecule is Cc1cc(C)n(-c2ccc(C(=O)N3CCN(c4ccc(C(N)=O)cc4)CC3)cc2F)n1. The van der Waals surface area contributed by atoms with Crippen LogP contribution in [0.1, 0.15) is 32.1 Å². The summed E-state index contributed by atoms with van der Waals surface area (Å²) in [5.41, 5.74) is 8.99. The number of rotatable bonds is 4. The van der Waals surface area contributed by atoms with E-state index in [0.717, 1.165) is 17.1 Å². The first-order valence-electron chi connectivity index (χ1n) is 10.1.